The van der Waals surface area contributed by atoms with E-state index in [0.717, 1.165) is 41.2 Å². The topological polar surface area (TPSA) is 48.1 Å². The fourth-order valence-electron chi connectivity index (χ4n) is 2.58. The molecular formula is C16H20N2O. The molecule has 1 aromatic carbocycles. The molecular weight excluding hydrogens is 236 g/mol. The number of benzene rings is 1. The van der Waals surface area contributed by atoms with Crippen LogP contribution in [0.5, 0.6) is 5.75 Å². The van der Waals surface area contributed by atoms with Crippen LogP contribution in [0.2, 0.25) is 0 Å². The highest BCUT2D eigenvalue weighted by molar-refractivity contribution is 5.86. The molecule has 1 aromatic heterocycles. The lowest BCUT2D eigenvalue weighted by molar-refractivity contribution is 0.222. The van der Waals surface area contributed by atoms with E-state index in [-0.39, 0.29) is 0 Å². The van der Waals surface area contributed by atoms with Crippen molar-refractivity contribution in [3.63, 3.8) is 0 Å². The summed E-state index contributed by atoms with van der Waals surface area (Å²) in [4.78, 5) is 4.42. The van der Waals surface area contributed by atoms with Crippen LogP contribution in [0.25, 0.3) is 10.9 Å². The van der Waals surface area contributed by atoms with Crippen molar-refractivity contribution in [1.29, 1.82) is 0 Å². The number of para-hydroxylation sites is 1. The van der Waals surface area contributed by atoms with Crippen LogP contribution in [0.3, 0.4) is 0 Å². The number of nitrogens with zero attached hydrogens (tertiary/aromatic N) is 1. The molecule has 19 heavy (non-hydrogen) atoms. The SMILES string of the molecule is NCc1cnc2ccccc2c1OCCC1CCC1. The minimum atomic E-state index is 0.469. The Morgan fingerprint density at radius 2 is 2.11 bits per heavy atom. The first-order chi connectivity index (χ1) is 9.38. The molecule has 0 unspecified atom stereocenters. The number of aromatic nitrogens is 1. The second kappa shape index (κ2) is 5.57. The molecule has 0 amide bonds. The van der Waals surface area contributed by atoms with Gasteiger partial charge in [0.1, 0.15) is 5.75 Å². The zero-order chi connectivity index (χ0) is 13.1. The van der Waals surface area contributed by atoms with Gasteiger partial charge in [-0.15, -0.1) is 0 Å². The van der Waals surface area contributed by atoms with E-state index in [0.29, 0.717) is 6.54 Å². The van der Waals surface area contributed by atoms with Gasteiger partial charge in [-0.25, -0.2) is 0 Å². The Morgan fingerprint density at radius 1 is 1.26 bits per heavy atom. The minimum Gasteiger partial charge on any atom is -0.492 e. The van der Waals surface area contributed by atoms with Crippen molar-refractivity contribution in [2.24, 2.45) is 11.7 Å². The maximum Gasteiger partial charge on any atom is 0.134 e. The van der Waals surface area contributed by atoms with Gasteiger partial charge in [0.2, 0.25) is 0 Å². The average Bonchev–Trinajstić information content (AvgIpc) is 2.41. The van der Waals surface area contributed by atoms with E-state index in [1.165, 1.54) is 19.3 Å². The van der Waals surface area contributed by atoms with Gasteiger partial charge in [0.05, 0.1) is 12.1 Å². The largest absolute Gasteiger partial charge is 0.492 e. The van der Waals surface area contributed by atoms with Crippen LogP contribution < -0.4 is 10.5 Å². The highest BCUT2D eigenvalue weighted by atomic mass is 16.5. The molecule has 1 aliphatic carbocycles. The van der Waals surface area contributed by atoms with Crippen LogP contribution in [-0.4, -0.2) is 11.6 Å². The molecule has 1 saturated carbocycles. The van der Waals surface area contributed by atoms with Crippen LogP contribution in [-0.2, 0) is 6.54 Å². The van der Waals surface area contributed by atoms with E-state index < -0.39 is 0 Å². The normalized spacial score (nSPS) is 15.4. The van der Waals surface area contributed by atoms with Crippen LogP contribution in [0.1, 0.15) is 31.2 Å². The Kier molecular flexibility index (Phi) is 3.65. The Labute approximate surface area is 113 Å². The first-order valence-electron chi connectivity index (χ1n) is 7.08. The molecule has 1 heterocycles. The quantitative estimate of drug-likeness (QED) is 0.893. The Bertz CT molecular complexity index is 564. The Balaban J connectivity index is 1.81. The van der Waals surface area contributed by atoms with Gasteiger partial charge in [-0.3, -0.25) is 4.98 Å². The Hall–Kier alpha value is -1.61. The van der Waals surface area contributed by atoms with E-state index >= 15 is 0 Å². The maximum absolute atomic E-state index is 6.03. The van der Waals surface area contributed by atoms with Crippen molar-refractivity contribution in [1.82, 2.24) is 4.98 Å². The fraction of sp³-hybridized carbons (Fsp3) is 0.438. The Morgan fingerprint density at radius 3 is 2.84 bits per heavy atom. The van der Waals surface area contributed by atoms with Crippen molar-refractivity contribution in [3.8, 4) is 5.75 Å². The summed E-state index contributed by atoms with van der Waals surface area (Å²) in [7, 11) is 0. The minimum absolute atomic E-state index is 0.469. The summed E-state index contributed by atoms with van der Waals surface area (Å²) in [6.07, 6.45) is 7.10. The molecule has 0 aliphatic heterocycles. The second-order valence-corrected chi connectivity index (χ2v) is 5.27. The standard InChI is InChI=1S/C16H20N2O/c17-10-13-11-18-15-7-2-1-6-14(15)16(13)19-9-8-12-4-3-5-12/h1-2,6-7,11-12H,3-5,8-10,17H2. The third-order valence-electron chi connectivity index (χ3n) is 4.02. The molecule has 0 spiro atoms. The van der Waals surface area contributed by atoms with Crippen LogP contribution in [0.4, 0.5) is 0 Å². The predicted molar refractivity (Wildman–Crippen MR) is 77.1 cm³/mol. The maximum atomic E-state index is 6.03. The highest BCUT2D eigenvalue weighted by Gasteiger charge is 2.17. The summed E-state index contributed by atoms with van der Waals surface area (Å²) in [6, 6.07) is 8.08. The van der Waals surface area contributed by atoms with Gasteiger partial charge in [-0.05, 0) is 24.5 Å². The summed E-state index contributed by atoms with van der Waals surface area (Å²) in [5, 5.41) is 1.07. The lowest BCUT2D eigenvalue weighted by Crippen LogP contribution is -2.15. The average molecular weight is 256 g/mol. The molecule has 1 aliphatic rings. The zero-order valence-electron chi connectivity index (χ0n) is 11.1. The molecule has 3 rings (SSSR count). The molecule has 2 aromatic rings. The van der Waals surface area contributed by atoms with E-state index in [1.807, 2.05) is 24.4 Å². The van der Waals surface area contributed by atoms with Crippen LogP contribution in [0, 0.1) is 5.92 Å². The monoisotopic (exact) mass is 256 g/mol. The van der Waals surface area contributed by atoms with Gasteiger partial charge in [-0.1, -0.05) is 31.4 Å². The number of pyridine rings is 1. The van der Waals surface area contributed by atoms with Gasteiger partial charge in [0.15, 0.2) is 0 Å². The number of rotatable bonds is 5. The predicted octanol–water partition coefficient (Wildman–Crippen LogP) is 3.26. The number of nitrogens with two attached hydrogens (primary N) is 1. The lowest BCUT2D eigenvalue weighted by atomic mass is 9.83. The van der Waals surface area contributed by atoms with Crippen molar-refractivity contribution in [2.45, 2.75) is 32.2 Å². The number of hydrogen-bond acceptors (Lipinski definition) is 3. The molecule has 3 heteroatoms. The summed E-state index contributed by atoms with van der Waals surface area (Å²) in [6.45, 7) is 1.25. The van der Waals surface area contributed by atoms with E-state index in [4.69, 9.17) is 10.5 Å². The summed E-state index contributed by atoms with van der Waals surface area (Å²) >= 11 is 0. The van der Waals surface area contributed by atoms with Crippen LogP contribution in [0.15, 0.2) is 30.5 Å². The number of hydrogen-bond donors (Lipinski definition) is 1. The third kappa shape index (κ3) is 2.56. The van der Waals surface area contributed by atoms with E-state index in [2.05, 4.69) is 11.1 Å². The molecule has 2 N–H and O–H groups in total. The van der Waals surface area contributed by atoms with E-state index in [1.54, 1.807) is 0 Å². The van der Waals surface area contributed by atoms with Gasteiger partial charge < -0.3 is 10.5 Å². The van der Waals surface area contributed by atoms with Crippen molar-refractivity contribution in [2.75, 3.05) is 6.61 Å². The number of fused-ring (bicyclic) bond motifs is 1. The first-order valence-corrected chi connectivity index (χ1v) is 7.08. The summed E-state index contributed by atoms with van der Waals surface area (Å²) in [5.74, 6) is 1.79. The van der Waals surface area contributed by atoms with E-state index in [9.17, 15) is 0 Å². The molecule has 0 saturated heterocycles. The molecule has 3 nitrogen and oxygen atoms in total. The lowest BCUT2D eigenvalue weighted by Gasteiger charge is -2.25. The smallest absolute Gasteiger partial charge is 0.134 e. The van der Waals surface area contributed by atoms with Gasteiger partial charge in [0.25, 0.3) is 0 Å². The molecule has 0 bridgehead atoms. The van der Waals surface area contributed by atoms with Gasteiger partial charge in [-0.2, -0.15) is 0 Å². The van der Waals surface area contributed by atoms with Crippen molar-refractivity contribution < 1.29 is 4.74 Å². The molecule has 1 fully saturated rings. The summed E-state index contributed by atoms with van der Waals surface area (Å²) in [5.41, 5.74) is 7.75. The van der Waals surface area contributed by atoms with Crippen molar-refractivity contribution >= 4 is 10.9 Å². The van der Waals surface area contributed by atoms with Crippen molar-refractivity contribution in [3.05, 3.63) is 36.0 Å². The zero-order valence-corrected chi connectivity index (χ0v) is 11.1. The van der Waals surface area contributed by atoms with Gasteiger partial charge >= 0.3 is 0 Å². The summed E-state index contributed by atoms with van der Waals surface area (Å²) < 4.78 is 6.03. The van der Waals surface area contributed by atoms with Crippen LogP contribution >= 0.6 is 0 Å². The molecule has 100 valence electrons. The second-order valence-electron chi connectivity index (χ2n) is 5.27. The molecule has 0 atom stereocenters. The molecule has 0 radical (unpaired) electrons. The fourth-order valence-corrected chi connectivity index (χ4v) is 2.58. The van der Waals surface area contributed by atoms with Gasteiger partial charge in [0, 0.05) is 23.7 Å². The third-order valence-corrected chi connectivity index (χ3v) is 4.02. The highest BCUT2D eigenvalue weighted by Crippen LogP contribution is 2.31. The number of ether oxygens (including phenoxy) is 1. The first kappa shape index (κ1) is 12.4.